The van der Waals surface area contributed by atoms with Gasteiger partial charge in [-0.1, -0.05) is 0 Å². The van der Waals surface area contributed by atoms with Crippen LogP contribution in [0.5, 0.6) is 0 Å². The molecule has 1 aliphatic rings. The quantitative estimate of drug-likeness (QED) is 0.574. The Balaban J connectivity index is 0.00000121. The summed E-state index contributed by atoms with van der Waals surface area (Å²) in [6, 6.07) is 0.102. The van der Waals surface area contributed by atoms with Crippen molar-refractivity contribution < 1.29 is 15.0 Å². The fourth-order valence-electron chi connectivity index (χ4n) is 1.28. The maximum Gasteiger partial charge on any atom is 0.307 e. The van der Waals surface area contributed by atoms with E-state index in [0.717, 1.165) is 6.42 Å². The maximum atomic E-state index is 10.4. The van der Waals surface area contributed by atoms with Gasteiger partial charge in [0.05, 0.1) is 12.5 Å². The summed E-state index contributed by atoms with van der Waals surface area (Å²) in [7, 11) is 0. The van der Waals surface area contributed by atoms with Crippen molar-refractivity contribution in [2.24, 2.45) is 5.92 Å². The highest BCUT2D eigenvalue weighted by Gasteiger charge is 2.24. The molecule has 0 aromatic rings. The van der Waals surface area contributed by atoms with E-state index in [0.29, 0.717) is 13.0 Å². The smallest absolute Gasteiger partial charge is 0.307 e. The van der Waals surface area contributed by atoms with Gasteiger partial charge < -0.3 is 15.5 Å². The van der Waals surface area contributed by atoms with Crippen LogP contribution in [0, 0.1) is 5.92 Å². The molecule has 0 saturated carbocycles. The standard InChI is InChI=1S/C7H13NO3.ClH/c9-4-6-2-1-5(3-8-6)7(10)11;/h5-6,8-9H,1-4H2,(H,10,11);1H. The van der Waals surface area contributed by atoms with E-state index in [2.05, 4.69) is 5.32 Å². The summed E-state index contributed by atoms with van der Waals surface area (Å²) in [6.07, 6.45) is 1.43. The molecule has 2 unspecified atom stereocenters. The van der Waals surface area contributed by atoms with E-state index in [4.69, 9.17) is 10.2 Å². The van der Waals surface area contributed by atoms with Crippen LogP contribution in [0.3, 0.4) is 0 Å². The number of piperidine rings is 1. The highest BCUT2D eigenvalue weighted by molar-refractivity contribution is 5.85. The number of aliphatic hydroxyl groups excluding tert-OH is 1. The molecule has 5 heteroatoms. The highest BCUT2D eigenvalue weighted by atomic mass is 35.5. The number of aliphatic hydroxyl groups is 1. The molecule has 1 fully saturated rings. The first kappa shape index (κ1) is 11.7. The van der Waals surface area contributed by atoms with E-state index < -0.39 is 5.97 Å². The van der Waals surface area contributed by atoms with Gasteiger partial charge in [0, 0.05) is 12.6 Å². The van der Waals surface area contributed by atoms with Crippen LogP contribution in [0.25, 0.3) is 0 Å². The van der Waals surface area contributed by atoms with Gasteiger partial charge in [-0.2, -0.15) is 0 Å². The monoisotopic (exact) mass is 195 g/mol. The van der Waals surface area contributed by atoms with Crippen LogP contribution < -0.4 is 5.32 Å². The van der Waals surface area contributed by atoms with Gasteiger partial charge in [0.15, 0.2) is 0 Å². The molecule has 0 bridgehead atoms. The van der Waals surface area contributed by atoms with Gasteiger partial charge in [0.1, 0.15) is 0 Å². The minimum absolute atomic E-state index is 0. The second kappa shape index (κ2) is 5.35. The number of hydrogen-bond acceptors (Lipinski definition) is 3. The van der Waals surface area contributed by atoms with Crippen molar-refractivity contribution in [1.29, 1.82) is 0 Å². The molecule has 12 heavy (non-hydrogen) atoms. The predicted molar refractivity (Wildman–Crippen MR) is 46.5 cm³/mol. The molecule has 0 aliphatic carbocycles. The van der Waals surface area contributed by atoms with Gasteiger partial charge in [-0.15, -0.1) is 12.4 Å². The normalized spacial score (nSPS) is 29.1. The average molecular weight is 196 g/mol. The summed E-state index contributed by atoms with van der Waals surface area (Å²) < 4.78 is 0. The second-order valence-corrected chi connectivity index (χ2v) is 2.90. The summed E-state index contributed by atoms with van der Waals surface area (Å²) in [5.74, 6) is -1.01. The fraction of sp³-hybridized carbons (Fsp3) is 0.857. The molecule has 4 nitrogen and oxygen atoms in total. The van der Waals surface area contributed by atoms with Crippen LogP contribution in [0.4, 0.5) is 0 Å². The van der Waals surface area contributed by atoms with E-state index in [1.807, 2.05) is 0 Å². The molecule has 72 valence electrons. The number of rotatable bonds is 2. The first-order chi connectivity index (χ1) is 5.24. The zero-order valence-corrected chi connectivity index (χ0v) is 7.51. The van der Waals surface area contributed by atoms with Crippen molar-refractivity contribution >= 4 is 18.4 Å². The van der Waals surface area contributed by atoms with Crippen LogP contribution in [-0.2, 0) is 4.79 Å². The fourth-order valence-corrected chi connectivity index (χ4v) is 1.28. The van der Waals surface area contributed by atoms with Crippen molar-refractivity contribution in [1.82, 2.24) is 5.32 Å². The van der Waals surface area contributed by atoms with E-state index in [1.54, 1.807) is 0 Å². The summed E-state index contributed by atoms with van der Waals surface area (Å²) in [6.45, 7) is 0.590. The average Bonchev–Trinajstić information content (AvgIpc) is 2.05. The molecule has 0 aromatic carbocycles. The Morgan fingerprint density at radius 1 is 1.50 bits per heavy atom. The van der Waals surface area contributed by atoms with Gasteiger partial charge in [-0.05, 0) is 12.8 Å². The molecule has 0 spiro atoms. The number of carbonyl (C=O) groups is 1. The van der Waals surface area contributed by atoms with Crippen LogP contribution in [-0.4, -0.2) is 35.4 Å². The zero-order valence-electron chi connectivity index (χ0n) is 6.69. The number of aliphatic carboxylic acids is 1. The third-order valence-electron chi connectivity index (χ3n) is 2.09. The lowest BCUT2D eigenvalue weighted by Gasteiger charge is -2.25. The van der Waals surface area contributed by atoms with Crippen LogP contribution in [0.1, 0.15) is 12.8 Å². The van der Waals surface area contributed by atoms with Crippen LogP contribution >= 0.6 is 12.4 Å². The molecule has 1 aliphatic heterocycles. The Morgan fingerprint density at radius 2 is 2.17 bits per heavy atom. The Hall–Kier alpha value is -0.320. The maximum absolute atomic E-state index is 10.4. The predicted octanol–water partition coefficient (Wildman–Crippen LogP) is -0.147. The Kier molecular flexibility index (Phi) is 5.20. The van der Waals surface area contributed by atoms with Crippen molar-refractivity contribution in [2.75, 3.05) is 13.2 Å². The number of hydrogen-bond donors (Lipinski definition) is 3. The number of carboxylic acids is 1. The molecule has 0 amide bonds. The van der Waals surface area contributed by atoms with Crippen molar-refractivity contribution in [3.05, 3.63) is 0 Å². The van der Waals surface area contributed by atoms with E-state index in [9.17, 15) is 4.79 Å². The number of nitrogens with one attached hydrogen (secondary N) is 1. The lowest BCUT2D eigenvalue weighted by Crippen LogP contribution is -2.43. The largest absolute Gasteiger partial charge is 0.481 e. The summed E-state index contributed by atoms with van der Waals surface area (Å²) in [5.41, 5.74) is 0. The molecular weight excluding hydrogens is 182 g/mol. The molecule has 2 atom stereocenters. The third-order valence-corrected chi connectivity index (χ3v) is 2.09. The number of carboxylic acid groups (broad SMARTS) is 1. The summed E-state index contributed by atoms with van der Waals surface area (Å²) in [4.78, 5) is 10.4. The zero-order chi connectivity index (χ0) is 8.27. The van der Waals surface area contributed by atoms with E-state index in [-0.39, 0.29) is 31.0 Å². The molecule has 0 aromatic heterocycles. The minimum atomic E-state index is -0.742. The Labute approximate surface area is 77.4 Å². The van der Waals surface area contributed by atoms with Crippen LogP contribution in [0.2, 0.25) is 0 Å². The summed E-state index contributed by atoms with van der Waals surface area (Å²) >= 11 is 0. The molecule has 1 rings (SSSR count). The van der Waals surface area contributed by atoms with Crippen LogP contribution in [0.15, 0.2) is 0 Å². The Bertz CT molecular complexity index is 146. The van der Waals surface area contributed by atoms with E-state index >= 15 is 0 Å². The molecule has 0 radical (unpaired) electrons. The minimum Gasteiger partial charge on any atom is -0.481 e. The van der Waals surface area contributed by atoms with Gasteiger partial charge >= 0.3 is 5.97 Å². The van der Waals surface area contributed by atoms with Crippen molar-refractivity contribution in [3.8, 4) is 0 Å². The highest BCUT2D eigenvalue weighted by Crippen LogP contribution is 2.13. The van der Waals surface area contributed by atoms with E-state index in [1.165, 1.54) is 0 Å². The number of halogens is 1. The third kappa shape index (κ3) is 2.97. The van der Waals surface area contributed by atoms with Crippen molar-refractivity contribution in [3.63, 3.8) is 0 Å². The van der Waals surface area contributed by atoms with Crippen molar-refractivity contribution in [2.45, 2.75) is 18.9 Å². The summed E-state index contributed by atoms with van der Waals surface area (Å²) in [5, 5.41) is 20.3. The lowest BCUT2D eigenvalue weighted by molar-refractivity contribution is -0.142. The Morgan fingerprint density at radius 3 is 2.50 bits per heavy atom. The molecule has 3 N–H and O–H groups in total. The second-order valence-electron chi connectivity index (χ2n) is 2.90. The molecule has 1 saturated heterocycles. The van der Waals surface area contributed by atoms with Gasteiger partial charge in [0.2, 0.25) is 0 Å². The first-order valence-electron chi connectivity index (χ1n) is 3.81. The van der Waals surface area contributed by atoms with Gasteiger partial charge in [0.25, 0.3) is 0 Å². The first-order valence-corrected chi connectivity index (χ1v) is 3.81. The SMILES string of the molecule is Cl.O=C(O)C1CCC(CO)NC1. The topological polar surface area (TPSA) is 69.6 Å². The lowest BCUT2D eigenvalue weighted by atomic mass is 9.95. The molecule has 1 heterocycles. The molecular formula is C7H14ClNO3. The van der Waals surface area contributed by atoms with Gasteiger partial charge in [-0.3, -0.25) is 4.79 Å². The van der Waals surface area contributed by atoms with Gasteiger partial charge in [-0.25, -0.2) is 0 Å².